The van der Waals surface area contributed by atoms with Crippen LogP contribution in [0.1, 0.15) is 0 Å². The third-order valence-corrected chi connectivity index (χ3v) is 4.19. The first-order valence-electron chi connectivity index (χ1n) is 5.36. The average molecular weight is 296 g/mol. The third kappa shape index (κ3) is 1.62. The van der Waals surface area contributed by atoms with E-state index in [1.54, 1.807) is 0 Å². The lowest BCUT2D eigenvalue weighted by atomic mass is 10.0. The van der Waals surface area contributed by atoms with Crippen LogP contribution in [0.5, 0.6) is 28.7 Å². The number of hydrogen-bond acceptors (Lipinski definition) is 7. The van der Waals surface area contributed by atoms with Gasteiger partial charge in [-0.25, -0.2) is 0 Å². The Kier molecular flexibility index (Phi) is 2.30. The Morgan fingerprint density at radius 2 is 1.25 bits per heavy atom. The Morgan fingerprint density at radius 3 is 1.90 bits per heavy atom. The molecule has 0 aromatic heterocycles. The van der Waals surface area contributed by atoms with E-state index in [2.05, 4.69) is 0 Å². The van der Waals surface area contributed by atoms with Gasteiger partial charge < -0.3 is 24.6 Å². The first-order chi connectivity index (χ1) is 9.29. The van der Waals surface area contributed by atoms with E-state index in [-0.39, 0.29) is 21.8 Å². The van der Waals surface area contributed by atoms with Crippen molar-refractivity contribution in [3.63, 3.8) is 0 Å². The molecule has 0 saturated carbocycles. The molecular formula is C12H8O7S. The Labute approximate surface area is 113 Å². The second kappa shape index (κ2) is 3.70. The molecule has 4 N–H and O–H groups in total. The molecule has 2 aromatic carbocycles. The lowest BCUT2D eigenvalue weighted by Crippen LogP contribution is -2.15. The van der Waals surface area contributed by atoms with Crippen molar-refractivity contribution in [2.45, 2.75) is 4.90 Å². The van der Waals surface area contributed by atoms with Crippen LogP contribution >= 0.6 is 0 Å². The minimum Gasteiger partial charge on any atom is -0.504 e. The maximum atomic E-state index is 11.9. The quantitative estimate of drug-likeness (QED) is 0.426. The summed E-state index contributed by atoms with van der Waals surface area (Å²) in [6.45, 7) is 0. The fourth-order valence-corrected chi connectivity index (χ4v) is 3.13. The van der Waals surface area contributed by atoms with Gasteiger partial charge in [-0.05, 0) is 12.1 Å². The molecule has 104 valence electrons. The molecule has 0 radical (unpaired) electrons. The molecule has 20 heavy (non-hydrogen) atoms. The van der Waals surface area contributed by atoms with E-state index in [0.29, 0.717) is 0 Å². The van der Waals surface area contributed by atoms with Crippen LogP contribution in [0.3, 0.4) is 0 Å². The monoisotopic (exact) mass is 296 g/mol. The molecule has 0 saturated heterocycles. The number of hydrogen-bond donors (Lipinski definition) is 4. The second-order valence-corrected chi connectivity index (χ2v) is 5.73. The van der Waals surface area contributed by atoms with Crippen LogP contribution in [-0.2, 0) is 10.1 Å². The standard InChI is InChI=1S/C12H8O7S/c13-7-1-5-6-2-8(14)10(16)4-12(6)20(17,18)19-11(5)3-9(7)15/h1-4,13-16H. The zero-order valence-electron chi connectivity index (χ0n) is 9.73. The number of phenols is 4. The van der Waals surface area contributed by atoms with Crippen LogP contribution in [0, 0.1) is 0 Å². The number of aromatic hydroxyl groups is 4. The molecule has 1 aliphatic rings. The maximum Gasteiger partial charge on any atom is 0.340 e. The van der Waals surface area contributed by atoms with E-state index in [1.165, 1.54) is 0 Å². The first kappa shape index (κ1) is 12.4. The molecular weight excluding hydrogens is 288 g/mol. The highest BCUT2D eigenvalue weighted by molar-refractivity contribution is 7.87. The minimum atomic E-state index is -4.19. The predicted molar refractivity (Wildman–Crippen MR) is 66.4 cm³/mol. The van der Waals surface area contributed by atoms with Gasteiger partial charge in [0.05, 0.1) is 0 Å². The molecule has 8 heteroatoms. The number of fused-ring (bicyclic) bond motifs is 3. The van der Waals surface area contributed by atoms with Crippen molar-refractivity contribution in [3.8, 4) is 39.9 Å². The molecule has 7 nitrogen and oxygen atoms in total. The molecule has 0 bridgehead atoms. The van der Waals surface area contributed by atoms with Gasteiger partial charge in [0, 0.05) is 23.3 Å². The van der Waals surface area contributed by atoms with Gasteiger partial charge >= 0.3 is 10.1 Å². The molecule has 0 spiro atoms. The molecule has 1 heterocycles. The topological polar surface area (TPSA) is 124 Å². The van der Waals surface area contributed by atoms with Crippen LogP contribution in [0.25, 0.3) is 11.1 Å². The highest BCUT2D eigenvalue weighted by atomic mass is 32.2. The van der Waals surface area contributed by atoms with Gasteiger partial charge in [0.1, 0.15) is 4.90 Å². The summed E-state index contributed by atoms with van der Waals surface area (Å²) in [5, 5.41) is 37.8. The SMILES string of the molecule is O=S1(=O)Oc2cc(O)c(O)cc2-c2cc(O)c(O)cc21. The Bertz CT molecular complexity index is 839. The fraction of sp³-hybridized carbons (Fsp3) is 0. The number of rotatable bonds is 0. The Balaban J connectivity index is 2.42. The predicted octanol–water partition coefficient (Wildman–Crippen LogP) is 1.26. The normalized spacial score (nSPS) is 15.0. The van der Waals surface area contributed by atoms with Crippen LogP contribution in [-0.4, -0.2) is 28.8 Å². The van der Waals surface area contributed by atoms with E-state index >= 15 is 0 Å². The van der Waals surface area contributed by atoms with E-state index in [0.717, 1.165) is 24.3 Å². The van der Waals surface area contributed by atoms with Crippen molar-refractivity contribution in [2.75, 3.05) is 0 Å². The third-order valence-electron chi connectivity index (χ3n) is 2.91. The summed E-state index contributed by atoms with van der Waals surface area (Å²) in [5.74, 6) is -2.31. The van der Waals surface area contributed by atoms with E-state index in [4.69, 9.17) is 4.18 Å². The average Bonchev–Trinajstić information content (AvgIpc) is 2.34. The Morgan fingerprint density at radius 1 is 0.750 bits per heavy atom. The number of benzene rings is 2. The fourth-order valence-electron chi connectivity index (χ4n) is 1.98. The van der Waals surface area contributed by atoms with Crippen LogP contribution < -0.4 is 4.18 Å². The summed E-state index contributed by atoms with van der Waals surface area (Å²) in [4.78, 5) is -0.342. The smallest absolute Gasteiger partial charge is 0.340 e. The van der Waals surface area contributed by atoms with E-state index in [1.807, 2.05) is 0 Å². The molecule has 0 aliphatic carbocycles. The van der Waals surface area contributed by atoms with Gasteiger partial charge in [0.25, 0.3) is 0 Å². The van der Waals surface area contributed by atoms with Gasteiger partial charge in [0.15, 0.2) is 28.7 Å². The Hall–Kier alpha value is -2.61. The molecule has 0 fully saturated rings. The van der Waals surface area contributed by atoms with Gasteiger partial charge in [-0.15, -0.1) is 0 Å². The summed E-state index contributed by atoms with van der Waals surface area (Å²) < 4.78 is 28.7. The van der Waals surface area contributed by atoms with Crippen molar-refractivity contribution in [3.05, 3.63) is 24.3 Å². The summed E-state index contributed by atoms with van der Waals surface area (Å²) in [7, 11) is -4.19. The van der Waals surface area contributed by atoms with Crippen LogP contribution in [0.4, 0.5) is 0 Å². The summed E-state index contributed by atoms with van der Waals surface area (Å²) in [5.41, 5.74) is 0.220. The van der Waals surface area contributed by atoms with Crippen molar-refractivity contribution < 1.29 is 33.0 Å². The van der Waals surface area contributed by atoms with E-state index < -0.39 is 33.1 Å². The molecule has 0 amide bonds. The molecule has 3 rings (SSSR count). The molecule has 0 atom stereocenters. The first-order valence-corrected chi connectivity index (χ1v) is 6.77. The van der Waals surface area contributed by atoms with Crippen molar-refractivity contribution in [1.82, 2.24) is 0 Å². The highest BCUT2D eigenvalue weighted by Gasteiger charge is 2.32. The zero-order valence-corrected chi connectivity index (χ0v) is 10.5. The van der Waals surface area contributed by atoms with Crippen LogP contribution in [0.15, 0.2) is 29.2 Å². The lowest BCUT2D eigenvalue weighted by Gasteiger charge is -2.21. The van der Waals surface area contributed by atoms with Gasteiger partial charge in [0.2, 0.25) is 0 Å². The largest absolute Gasteiger partial charge is 0.504 e. The second-order valence-electron chi connectivity index (χ2n) is 4.21. The lowest BCUT2D eigenvalue weighted by molar-refractivity contribution is 0.398. The molecule has 1 aliphatic heterocycles. The van der Waals surface area contributed by atoms with Crippen molar-refractivity contribution in [2.24, 2.45) is 0 Å². The molecule has 0 unspecified atom stereocenters. The maximum absolute atomic E-state index is 11.9. The molecule has 2 aromatic rings. The van der Waals surface area contributed by atoms with Crippen LogP contribution in [0.2, 0.25) is 0 Å². The zero-order chi connectivity index (χ0) is 14.7. The highest BCUT2D eigenvalue weighted by Crippen LogP contribution is 2.48. The van der Waals surface area contributed by atoms with Crippen molar-refractivity contribution in [1.29, 1.82) is 0 Å². The minimum absolute atomic E-state index is 0.0526. The van der Waals surface area contributed by atoms with Gasteiger partial charge in [-0.1, -0.05) is 0 Å². The van der Waals surface area contributed by atoms with Gasteiger partial charge in [-0.2, -0.15) is 8.42 Å². The summed E-state index contributed by atoms with van der Waals surface area (Å²) >= 11 is 0. The summed E-state index contributed by atoms with van der Waals surface area (Å²) in [6, 6.07) is 3.95. The number of phenolic OH excluding ortho intramolecular Hbond substituents is 4. The van der Waals surface area contributed by atoms with Crippen molar-refractivity contribution >= 4 is 10.1 Å². The summed E-state index contributed by atoms with van der Waals surface area (Å²) in [6.07, 6.45) is 0. The van der Waals surface area contributed by atoms with Gasteiger partial charge in [-0.3, -0.25) is 0 Å². The van der Waals surface area contributed by atoms with E-state index in [9.17, 15) is 28.8 Å².